The van der Waals surface area contributed by atoms with Gasteiger partial charge in [-0.3, -0.25) is 9.67 Å². The van der Waals surface area contributed by atoms with Gasteiger partial charge in [0.2, 0.25) is 0 Å². The molecule has 2 rings (SSSR count). The van der Waals surface area contributed by atoms with Crippen LogP contribution in [0.15, 0.2) is 36.8 Å². The zero-order valence-electron chi connectivity index (χ0n) is 13.1. The van der Waals surface area contributed by atoms with E-state index in [1.807, 2.05) is 12.4 Å². The van der Waals surface area contributed by atoms with Crippen LogP contribution in [0.25, 0.3) is 0 Å². The molecule has 21 heavy (non-hydrogen) atoms. The molecule has 2 N–H and O–H groups in total. The van der Waals surface area contributed by atoms with Gasteiger partial charge in [0.05, 0.1) is 11.7 Å². The van der Waals surface area contributed by atoms with Gasteiger partial charge in [-0.1, -0.05) is 13.8 Å². The van der Waals surface area contributed by atoms with E-state index in [1.165, 1.54) is 5.56 Å². The summed E-state index contributed by atoms with van der Waals surface area (Å²) in [5, 5.41) is 4.67. The molecule has 2 aromatic heterocycles. The summed E-state index contributed by atoms with van der Waals surface area (Å²) in [7, 11) is 0. The maximum atomic E-state index is 6.24. The smallest absolute Gasteiger partial charge is 0.0640 e. The minimum absolute atomic E-state index is 0.156. The quantitative estimate of drug-likeness (QED) is 0.811. The number of hydrogen-bond donors (Lipinski definition) is 1. The molecule has 1 atom stereocenters. The molecular weight excluding hydrogens is 260 g/mol. The van der Waals surface area contributed by atoms with Crippen molar-refractivity contribution >= 4 is 0 Å². The third kappa shape index (κ3) is 4.67. The topological polar surface area (TPSA) is 56.7 Å². The SMILES string of the molecule is CCC(CC)n1ccc(CC(N)CCc2ccncc2)n1. The Hall–Kier alpha value is -1.68. The van der Waals surface area contributed by atoms with Gasteiger partial charge < -0.3 is 5.73 Å². The van der Waals surface area contributed by atoms with E-state index in [4.69, 9.17) is 5.73 Å². The van der Waals surface area contributed by atoms with Gasteiger partial charge in [0.1, 0.15) is 0 Å². The highest BCUT2D eigenvalue weighted by atomic mass is 15.3. The molecule has 0 aliphatic rings. The van der Waals surface area contributed by atoms with Crippen LogP contribution in [-0.2, 0) is 12.8 Å². The monoisotopic (exact) mass is 286 g/mol. The Morgan fingerprint density at radius 2 is 1.86 bits per heavy atom. The maximum Gasteiger partial charge on any atom is 0.0640 e. The lowest BCUT2D eigenvalue weighted by Gasteiger charge is -2.13. The zero-order chi connectivity index (χ0) is 15.1. The maximum absolute atomic E-state index is 6.24. The minimum Gasteiger partial charge on any atom is -0.327 e. The van der Waals surface area contributed by atoms with E-state index in [0.29, 0.717) is 6.04 Å². The largest absolute Gasteiger partial charge is 0.327 e. The van der Waals surface area contributed by atoms with E-state index in [-0.39, 0.29) is 6.04 Å². The summed E-state index contributed by atoms with van der Waals surface area (Å²) in [6, 6.07) is 6.86. The summed E-state index contributed by atoms with van der Waals surface area (Å²) in [6.07, 6.45) is 10.8. The molecule has 0 saturated heterocycles. The minimum atomic E-state index is 0.156. The molecule has 0 spiro atoms. The molecule has 0 radical (unpaired) electrons. The molecular formula is C17H26N4. The summed E-state index contributed by atoms with van der Waals surface area (Å²) in [5.41, 5.74) is 8.63. The fourth-order valence-electron chi connectivity index (χ4n) is 2.62. The molecule has 2 aromatic rings. The van der Waals surface area contributed by atoms with Crippen LogP contribution in [0.4, 0.5) is 0 Å². The zero-order valence-corrected chi connectivity index (χ0v) is 13.1. The van der Waals surface area contributed by atoms with Crippen molar-refractivity contribution in [1.82, 2.24) is 14.8 Å². The van der Waals surface area contributed by atoms with Gasteiger partial charge in [-0.25, -0.2) is 0 Å². The third-order valence-corrected chi connectivity index (χ3v) is 4.00. The molecule has 0 amide bonds. The van der Waals surface area contributed by atoms with Crippen LogP contribution in [0.1, 0.15) is 50.4 Å². The molecule has 0 aliphatic carbocycles. The van der Waals surface area contributed by atoms with Crippen LogP contribution in [-0.4, -0.2) is 20.8 Å². The van der Waals surface area contributed by atoms with Crippen molar-refractivity contribution in [2.24, 2.45) is 5.73 Å². The van der Waals surface area contributed by atoms with Crippen LogP contribution in [0.5, 0.6) is 0 Å². The highest BCUT2D eigenvalue weighted by Gasteiger charge is 2.10. The number of nitrogens with two attached hydrogens (primary N) is 1. The molecule has 2 heterocycles. The van der Waals surface area contributed by atoms with Gasteiger partial charge in [-0.05, 0) is 49.4 Å². The number of nitrogens with zero attached hydrogens (tertiary/aromatic N) is 3. The van der Waals surface area contributed by atoms with Crippen molar-refractivity contribution in [2.45, 2.75) is 58.0 Å². The summed E-state index contributed by atoms with van der Waals surface area (Å²) in [4.78, 5) is 4.03. The van der Waals surface area contributed by atoms with Crippen molar-refractivity contribution in [3.8, 4) is 0 Å². The van der Waals surface area contributed by atoms with Crippen molar-refractivity contribution in [3.63, 3.8) is 0 Å². The second-order valence-corrected chi connectivity index (χ2v) is 5.62. The second-order valence-electron chi connectivity index (χ2n) is 5.62. The van der Waals surface area contributed by atoms with Gasteiger partial charge in [-0.2, -0.15) is 5.10 Å². The second kappa shape index (κ2) is 7.93. The average molecular weight is 286 g/mol. The molecule has 0 aliphatic heterocycles. The summed E-state index contributed by atoms with van der Waals surface area (Å²) in [5.74, 6) is 0. The number of pyridine rings is 1. The molecule has 4 nitrogen and oxygen atoms in total. The Balaban J connectivity index is 1.84. The summed E-state index contributed by atoms with van der Waals surface area (Å²) >= 11 is 0. The van der Waals surface area contributed by atoms with Crippen molar-refractivity contribution in [3.05, 3.63) is 48.0 Å². The van der Waals surface area contributed by atoms with Gasteiger partial charge in [0.15, 0.2) is 0 Å². The van der Waals surface area contributed by atoms with Gasteiger partial charge >= 0.3 is 0 Å². The predicted octanol–water partition coefficient (Wildman–Crippen LogP) is 3.14. The van der Waals surface area contributed by atoms with E-state index in [1.54, 1.807) is 0 Å². The highest BCUT2D eigenvalue weighted by Crippen LogP contribution is 2.15. The lowest BCUT2D eigenvalue weighted by molar-refractivity contribution is 0.424. The lowest BCUT2D eigenvalue weighted by atomic mass is 10.0. The molecule has 0 aromatic carbocycles. The first-order valence-electron chi connectivity index (χ1n) is 7.91. The van der Waals surface area contributed by atoms with E-state index in [0.717, 1.165) is 37.8 Å². The molecule has 0 fully saturated rings. The van der Waals surface area contributed by atoms with Crippen molar-refractivity contribution in [1.29, 1.82) is 0 Å². The number of hydrogen-bond acceptors (Lipinski definition) is 3. The van der Waals surface area contributed by atoms with E-state index in [2.05, 4.69) is 53.0 Å². The average Bonchev–Trinajstić information content (AvgIpc) is 2.96. The number of rotatable bonds is 8. The standard InChI is InChI=1S/C17H26N4/c1-3-17(4-2)21-12-9-16(20-21)13-15(18)6-5-14-7-10-19-11-8-14/h7-12,15,17H,3-6,13,18H2,1-2H3. The van der Waals surface area contributed by atoms with Crippen molar-refractivity contribution < 1.29 is 0 Å². The van der Waals surface area contributed by atoms with Gasteiger partial charge in [0, 0.05) is 31.1 Å². The normalized spacial score (nSPS) is 12.8. The van der Waals surface area contributed by atoms with E-state index in [9.17, 15) is 0 Å². The molecule has 0 saturated carbocycles. The van der Waals surface area contributed by atoms with Gasteiger partial charge in [-0.15, -0.1) is 0 Å². The van der Waals surface area contributed by atoms with Crippen LogP contribution >= 0.6 is 0 Å². The lowest BCUT2D eigenvalue weighted by Crippen LogP contribution is -2.24. The van der Waals surface area contributed by atoms with Crippen LogP contribution in [0, 0.1) is 0 Å². The molecule has 4 heteroatoms. The van der Waals surface area contributed by atoms with Crippen LogP contribution in [0.3, 0.4) is 0 Å². The Kier molecular flexibility index (Phi) is 5.93. The summed E-state index contributed by atoms with van der Waals surface area (Å²) in [6.45, 7) is 4.41. The molecule has 1 unspecified atom stereocenters. The predicted molar refractivity (Wildman–Crippen MR) is 86.1 cm³/mol. The van der Waals surface area contributed by atoms with Gasteiger partial charge in [0.25, 0.3) is 0 Å². The van der Waals surface area contributed by atoms with E-state index >= 15 is 0 Å². The Morgan fingerprint density at radius 3 is 2.52 bits per heavy atom. The number of aromatic nitrogens is 3. The fourth-order valence-corrected chi connectivity index (χ4v) is 2.62. The first kappa shape index (κ1) is 15.7. The first-order valence-corrected chi connectivity index (χ1v) is 7.91. The Bertz CT molecular complexity index is 517. The Morgan fingerprint density at radius 1 is 1.14 bits per heavy atom. The van der Waals surface area contributed by atoms with Crippen LogP contribution < -0.4 is 5.73 Å². The first-order chi connectivity index (χ1) is 10.2. The highest BCUT2D eigenvalue weighted by molar-refractivity contribution is 5.10. The third-order valence-electron chi connectivity index (χ3n) is 4.00. The molecule has 0 bridgehead atoms. The van der Waals surface area contributed by atoms with E-state index < -0.39 is 0 Å². The summed E-state index contributed by atoms with van der Waals surface area (Å²) < 4.78 is 2.09. The fraction of sp³-hybridized carbons (Fsp3) is 0.529. The number of aryl methyl sites for hydroxylation is 1. The van der Waals surface area contributed by atoms with Crippen molar-refractivity contribution in [2.75, 3.05) is 0 Å². The van der Waals surface area contributed by atoms with Crippen LogP contribution in [0.2, 0.25) is 0 Å². The molecule has 114 valence electrons. The Labute approximate surface area is 127 Å².